The Morgan fingerprint density at radius 2 is 0.600 bits per heavy atom. The van der Waals surface area contributed by atoms with Crippen LogP contribution in [-0.2, 0) is 26.2 Å². The summed E-state index contributed by atoms with van der Waals surface area (Å²) < 4.78 is 0. The molecule has 0 saturated carbocycles. The molecule has 0 aliphatic heterocycles. The van der Waals surface area contributed by atoms with Crippen LogP contribution in [-0.4, -0.2) is 39.5 Å². The van der Waals surface area contributed by atoms with Crippen LogP contribution in [0.5, 0.6) is 0 Å². The van der Waals surface area contributed by atoms with Crippen molar-refractivity contribution in [2.24, 2.45) is 0 Å². The van der Waals surface area contributed by atoms with E-state index in [4.69, 9.17) is 0 Å². The molecule has 0 amide bonds. The first-order valence-corrected chi connectivity index (χ1v) is 0. The maximum atomic E-state index is 0. The third-order valence-electron chi connectivity index (χ3n) is 0. The van der Waals surface area contributed by atoms with Gasteiger partial charge in [-0.1, -0.05) is 0 Å². The molecule has 2 radical (unpaired) electrons. The van der Waals surface area contributed by atoms with Crippen LogP contribution in [0.2, 0.25) is 0 Å². The second kappa shape index (κ2) is 48.5. The van der Waals surface area contributed by atoms with Gasteiger partial charge in [-0.3, -0.25) is 0 Å². The first kappa shape index (κ1) is 85.4. The van der Waals surface area contributed by atoms with E-state index < -0.39 is 0 Å². The van der Waals surface area contributed by atoms with E-state index in [0.29, 0.717) is 0 Å². The second-order valence-electron chi connectivity index (χ2n) is 0. The quantitative estimate of drug-likeness (QED) is 0.349. The van der Waals surface area contributed by atoms with Crippen LogP contribution in [0.25, 0.3) is 0 Å². The Balaban J connectivity index is 0. The van der Waals surface area contributed by atoms with Gasteiger partial charge in [0.1, 0.15) is 0 Å². The predicted molar refractivity (Wildman–Crippen MR) is 16.6 cm³/mol. The first-order valence-electron chi connectivity index (χ1n) is 0. The van der Waals surface area contributed by atoms with E-state index in [0.717, 1.165) is 0 Å². The first-order chi connectivity index (χ1) is 0. The molecule has 0 fully saturated rings. The van der Waals surface area contributed by atoms with Crippen molar-refractivity contribution in [3.63, 3.8) is 0 Å². The third-order valence-corrected chi connectivity index (χ3v) is 0. The minimum Gasteiger partial charge on any atom is -0.412 e. The fraction of sp³-hybridized carbons (Fsp3) is 0. The Hall–Kier alpha value is 1.53. The summed E-state index contributed by atoms with van der Waals surface area (Å²) in [7, 11) is 0. The molecule has 0 spiro atoms. The van der Waals surface area contributed by atoms with Gasteiger partial charge in [-0.2, -0.15) is 0 Å². The standard InChI is InChI=1S/Mg.3H2O.Zr/h;3*1H2;. The van der Waals surface area contributed by atoms with Crippen molar-refractivity contribution in [1.29, 1.82) is 0 Å². The van der Waals surface area contributed by atoms with Crippen LogP contribution in [0, 0.1) is 0 Å². The number of hydrogen-bond donors (Lipinski definition) is 0. The Kier molecular flexibility index (Phi) is 828. The van der Waals surface area contributed by atoms with Crippen LogP contribution in [0.3, 0.4) is 0 Å². The Labute approximate surface area is 65.3 Å². The summed E-state index contributed by atoms with van der Waals surface area (Å²) in [6.07, 6.45) is 0. The van der Waals surface area contributed by atoms with Crippen LogP contribution in [0.4, 0.5) is 0 Å². The summed E-state index contributed by atoms with van der Waals surface area (Å²) in [4.78, 5) is 0. The third kappa shape index (κ3) is 29.4. The van der Waals surface area contributed by atoms with Gasteiger partial charge >= 0.3 is 0 Å². The normalized spacial score (nSPS) is 0. The maximum absolute atomic E-state index is 0. The molecule has 0 aliphatic rings. The van der Waals surface area contributed by atoms with Crippen LogP contribution in [0.1, 0.15) is 0 Å². The van der Waals surface area contributed by atoms with Gasteiger partial charge in [-0.05, 0) is 0 Å². The van der Waals surface area contributed by atoms with Crippen molar-refractivity contribution in [1.82, 2.24) is 0 Å². The molecule has 3 nitrogen and oxygen atoms in total. The Bertz CT molecular complexity index is 6.85. The topological polar surface area (TPSA) is 94.5 Å². The van der Waals surface area contributed by atoms with Crippen LogP contribution >= 0.6 is 0 Å². The van der Waals surface area contributed by atoms with E-state index >= 15 is 0 Å². The van der Waals surface area contributed by atoms with E-state index in [1.165, 1.54) is 0 Å². The van der Waals surface area contributed by atoms with Crippen LogP contribution < -0.4 is 0 Å². The zero-order valence-corrected chi connectivity index (χ0v) is 6.58. The zero-order chi connectivity index (χ0) is 0. The molecule has 30 valence electrons. The molecule has 0 bridgehead atoms. The van der Waals surface area contributed by atoms with Crippen molar-refractivity contribution in [3.8, 4) is 0 Å². The molecule has 0 heterocycles. The van der Waals surface area contributed by atoms with Crippen molar-refractivity contribution in [2.75, 3.05) is 0 Å². The Morgan fingerprint density at radius 1 is 0.600 bits per heavy atom. The maximum Gasteiger partial charge on any atom is 0 e. The molecule has 0 aliphatic carbocycles. The fourth-order valence-corrected chi connectivity index (χ4v) is 0. The van der Waals surface area contributed by atoms with Gasteiger partial charge in [0.15, 0.2) is 0 Å². The van der Waals surface area contributed by atoms with Gasteiger partial charge in [0.25, 0.3) is 0 Å². The summed E-state index contributed by atoms with van der Waals surface area (Å²) in [6, 6.07) is 0. The molecule has 0 rings (SSSR count). The average molecular weight is 170 g/mol. The molecule has 5 heteroatoms. The summed E-state index contributed by atoms with van der Waals surface area (Å²) in [5, 5.41) is 0. The summed E-state index contributed by atoms with van der Waals surface area (Å²) >= 11 is 0. The smallest absolute Gasteiger partial charge is 0 e. The molecular formula is H6MgO3Zr. The van der Waals surface area contributed by atoms with E-state index in [2.05, 4.69) is 0 Å². The molecule has 0 saturated heterocycles. The van der Waals surface area contributed by atoms with Gasteiger partial charge in [-0.25, -0.2) is 0 Å². The zero-order valence-electron chi connectivity index (χ0n) is 2.71. The summed E-state index contributed by atoms with van der Waals surface area (Å²) in [5.74, 6) is 0. The largest absolute Gasteiger partial charge is 0.412 e. The minimum atomic E-state index is 0. The van der Waals surface area contributed by atoms with Gasteiger partial charge in [0.05, 0.1) is 0 Å². The van der Waals surface area contributed by atoms with Gasteiger partial charge in [0, 0.05) is 49.3 Å². The second-order valence-corrected chi connectivity index (χ2v) is 0. The fourth-order valence-electron chi connectivity index (χ4n) is 0. The minimum absolute atomic E-state index is 0. The molecule has 0 aromatic carbocycles. The van der Waals surface area contributed by atoms with Gasteiger partial charge < -0.3 is 16.4 Å². The van der Waals surface area contributed by atoms with E-state index in [1.807, 2.05) is 0 Å². The molecular weight excluding hydrogens is 164 g/mol. The van der Waals surface area contributed by atoms with E-state index in [9.17, 15) is 0 Å². The van der Waals surface area contributed by atoms with Crippen molar-refractivity contribution in [3.05, 3.63) is 0 Å². The average Bonchev–Trinajstić information content (AvgIpc) is 0. The van der Waals surface area contributed by atoms with Crippen molar-refractivity contribution in [2.45, 2.75) is 0 Å². The molecule has 6 N–H and O–H groups in total. The molecule has 0 aromatic heterocycles. The van der Waals surface area contributed by atoms with Crippen molar-refractivity contribution < 1.29 is 42.6 Å². The molecule has 0 aromatic rings. The van der Waals surface area contributed by atoms with E-state index in [-0.39, 0.29) is 65.7 Å². The van der Waals surface area contributed by atoms with Crippen molar-refractivity contribution >= 4 is 23.1 Å². The SMILES string of the molecule is O.O.O.[Mg].[Zr]. The van der Waals surface area contributed by atoms with Gasteiger partial charge in [0.2, 0.25) is 0 Å². The van der Waals surface area contributed by atoms with E-state index in [1.54, 1.807) is 0 Å². The number of hydrogen-bond acceptors (Lipinski definition) is 0. The van der Waals surface area contributed by atoms with Crippen LogP contribution in [0.15, 0.2) is 0 Å². The molecule has 0 atom stereocenters. The predicted octanol–water partition coefficient (Wildman–Crippen LogP) is -2.86. The summed E-state index contributed by atoms with van der Waals surface area (Å²) in [6.45, 7) is 0. The van der Waals surface area contributed by atoms with Gasteiger partial charge in [-0.15, -0.1) is 0 Å². The summed E-state index contributed by atoms with van der Waals surface area (Å²) in [5.41, 5.74) is 0. The number of rotatable bonds is 0. The Morgan fingerprint density at radius 3 is 0.600 bits per heavy atom. The molecule has 0 unspecified atom stereocenters. The monoisotopic (exact) mass is 168 g/mol. The molecule has 5 heavy (non-hydrogen) atoms.